The molecule has 0 radical (unpaired) electrons. The van der Waals surface area contributed by atoms with Crippen molar-refractivity contribution in [2.24, 2.45) is 0 Å². The van der Waals surface area contributed by atoms with Crippen molar-refractivity contribution in [3.63, 3.8) is 0 Å². The van der Waals surface area contributed by atoms with Gasteiger partial charge in [-0.05, 0) is 31.2 Å². The zero-order chi connectivity index (χ0) is 16.7. The second-order valence-electron chi connectivity index (χ2n) is 6.43. The first-order valence-electron chi connectivity index (χ1n) is 8.14. The van der Waals surface area contributed by atoms with Crippen molar-refractivity contribution in [3.05, 3.63) is 28.8 Å². The van der Waals surface area contributed by atoms with Gasteiger partial charge in [0.1, 0.15) is 16.5 Å². The van der Waals surface area contributed by atoms with Crippen molar-refractivity contribution in [2.45, 2.75) is 31.8 Å². The smallest absolute Gasteiger partial charge is 0.173 e. The van der Waals surface area contributed by atoms with Crippen LogP contribution in [0.5, 0.6) is 0 Å². The normalized spacial score (nSPS) is 24.0. The lowest BCUT2D eigenvalue weighted by Crippen LogP contribution is -2.46. The number of thiophene rings is 1. The molecule has 4 rings (SSSR count). The summed E-state index contributed by atoms with van der Waals surface area (Å²) in [5.41, 5.74) is 0. The first kappa shape index (κ1) is 16.0. The minimum atomic E-state index is -2.99. The van der Waals surface area contributed by atoms with Gasteiger partial charge in [0.05, 0.1) is 11.1 Å². The summed E-state index contributed by atoms with van der Waals surface area (Å²) in [7, 11) is -2.99. The van der Waals surface area contributed by atoms with Crippen LogP contribution >= 0.6 is 11.3 Å². The number of rotatable bonds is 3. The SMILES string of the molecule is Cc1nc(N2CCC(N[C@@H]3C=CS(=O)(=O)C3)CC2)c2ccsc2n1. The Balaban J connectivity index is 1.43. The molecule has 1 fully saturated rings. The molecule has 2 aliphatic rings. The van der Waals surface area contributed by atoms with Gasteiger partial charge in [0.2, 0.25) is 0 Å². The number of anilines is 1. The van der Waals surface area contributed by atoms with E-state index < -0.39 is 9.84 Å². The summed E-state index contributed by atoms with van der Waals surface area (Å²) in [5.74, 6) is 2.02. The van der Waals surface area contributed by atoms with Crippen molar-refractivity contribution < 1.29 is 8.42 Å². The van der Waals surface area contributed by atoms with E-state index >= 15 is 0 Å². The summed E-state index contributed by atoms with van der Waals surface area (Å²) in [6.45, 7) is 3.77. The Bertz CT molecular complexity index is 883. The molecular weight excluding hydrogens is 344 g/mol. The molecule has 1 N–H and O–H groups in total. The summed E-state index contributed by atoms with van der Waals surface area (Å²) in [4.78, 5) is 12.5. The molecule has 128 valence electrons. The Labute approximate surface area is 145 Å². The van der Waals surface area contributed by atoms with Crippen LogP contribution in [0.2, 0.25) is 0 Å². The van der Waals surface area contributed by atoms with Crippen LogP contribution in [0.1, 0.15) is 18.7 Å². The lowest BCUT2D eigenvalue weighted by molar-refractivity contribution is 0.400. The van der Waals surface area contributed by atoms with Gasteiger partial charge >= 0.3 is 0 Å². The maximum absolute atomic E-state index is 11.5. The van der Waals surface area contributed by atoms with Crippen LogP contribution in [-0.4, -0.2) is 49.3 Å². The summed E-state index contributed by atoms with van der Waals surface area (Å²) in [5, 5.41) is 7.98. The van der Waals surface area contributed by atoms with Gasteiger partial charge in [0.25, 0.3) is 0 Å². The summed E-state index contributed by atoms with van der Waals surface area (Å²) in [6, 6.07) is 2.40. The first-order chi connectivity index (χ1) is 11.5. The Morgan fingerprint density at radius 2 is 2.08 bits per heavy atom. The van der Waals surface area contributed by atoms with E-state index in [1.165, 1.54) is 5.41 Å². The first-order valence-corrected chi connectivity index (χ1v) is 10.7. The van der Waals surface area contributed by atoms with Crippen molar-refractivity contribution in [2.75, 3.05) is 23.7 Å². The van der Waals surface area contributed by atoms with Gasteiger partial charge in [-0.15, -0.1) is 11.3 Å². The van der Waals surface area contributed by atoms with Gasteiger partial charge in [-0.2, -0.15) is 0 Å². The molecule has 2 aliphatic heterocycles. The van der Waals surface area contributed by atoms with E-state index in [1.807, 2.05) is 6.92 Å². The topological polar surface area (TPSA) is 75.2 Å². The van der Waals surface area contributed by atoms with Crippen molar-refractivity contribution in [1.82, 2.24) is 15.3 Å². The van der Waals surface area contributed by atoms with Gasteiger partial charge < -0.3 is 10.2 Å². The quantitative estimate of drug-likeness (QED) is 0.896. The average molecular weight is 364 g/mol. The second-order valence-corrected chi connectivity index (χ2v) is 9.25. The Morgan fingerprint density at radius 3 is 2.79 bits per heavy atom. The number of nitrogens with one attached hydrogen (secondary N) is 1. The van der Waals surface area contributed by atoms with E-state index in [1.54, 1.807) is 17.4 Å². The summed E-state index contributed by atoms with van der Waals surface area (Å²) < 4.78 is 23.0. The number of piperidine rings is 1. The van der Waals surface area contributed by atoms with Crippen molar-refractivity contribution in [3.8, 4) is 0 Å². The molecule has 6 nitrogen and oxygen atoms in total. The minimum absolute atomic E-state index is 0.0450. The van der Waals surface area contributed by atoms with E-state index in [9.17, 15) is 8.42 Å². The molecule has 8 heteroatoms. The van der Waals surface area contributed by atoms with E-state index in [0.717, 1.165) is 47.8 Å². The van der Waals surface area contributed by atoms with Crippen molar-refractivity contribution >= 4 is 37.2 Å². The Morgan fingerprint density at radius 1 is 1.29 bits per heavy atom. The van der Waals surface area contributed by atoms with Gasteiger partial charge in [0.15, 0.2) is 9.84 Å². The molecule has 0 unspecified atom stereocenters. The van der Waals surface area contributed by atoms with Crippen LogP contribution < -0.4 is 10.2 Å². The van der Waals surface area contributed by atoms with Crippen LogP contribution in [0.3, 0.4) is 0 Å². The molecule has 0 bridgehead atoms. The second kappa shape index (κ2) is 6.09. The summed E-state index contributed by atoms with van der Waals surface area (Å²) >= 11 is 1.65. The number of aryl methyl sites for hydroxylation is 1. The highest BCUT2D eigenvalue weighted by molar-refractivity contribution is 7.94. The zero-order valence-corrected chi connectivity index (χ0v) is 15.1. The number of hydrogen-bond donors (Lipinski definition) is 1. The standard InChI is InChI=1S/C16H20N4O2S2/c1-11-17-15(14-4-8-23-16(14)18-11)20-6-2-12(3-7-20)19-13-5-9-24(21,22)10-13/h4-5,8-9,12-13,19H,2-3,6-7,10H2,1H3/t13-/m1/s1. The van der Waals surface area contributed by atoms with E-state index in [4.69, 9.17) is 0 Å². The largest absolute Gasteiger partial charge is 0.356 e. The third kappa shape index (κ3) is 3.18. The predicted molar refractivity (Wildman–Crippen MR) is 97.2 cm³/mol. The number of sulfone groups is 1. The minimum Gasteiger partial charge on any atom is -0.356 e. The van der Waals surface area contributed by atoms with E-state index in [2.05, 4.69) is 31.6 Å². The highest BCUT2D eigenvalue weighted by Crippen LogP contribution is 2.29. The third-order valence-electron chi connectivity index (χ3n) is 4.59. The molecule has 4 heterocycles. The number of nitrogens with zero attached hydrogens (tertiary/aromatic N) is 3. The number of fused-ring (bicyclic) bond motifs is 1. The van der Waals surface area contributed by atoms with Gasteiger partial charge in [-0.25, -0.2) is 18.4 Å². The summed E-state index contributed by atoms with van der Waals surface area (Å²) in [6.07, 6.45) is 3.74. The number of aromatic nitrogens is 2. The molecular formula is C16H20N4O2S2. The van der Waals surface area contributed by atoms with Crippen LogP contribution in [-0.2, 0) is 9.84 Å². The van der Waals surface area contributed by atoms with Crippen LogP contribution in [0, 0.1) is 6.92 Å². The monoisotopic (exact) mass is 364 g/mol. The fourth-order valence-electron chi connectivity index (χ4n) is 3.42. The lowest BCUT2D eigenvalue weighted by Gasteiger charge is -2.34. The number of hydrogen-bond acceptors (Lipinski definition) is 7. The maximum atomic E-state index is 11.5. The van der Waals surface area contributed by atoms with E-state index in [0.29, 0.717) is 6.04 Å². The zero-order valence-electron chi connectivity index (χ0n) is 13.5. The molecule has 2 aromatic rings. The van der Waals surface area contributed by atoms with Gasteiger partial charge in [0, 0.05) is 30.6 Å². The highest BCUT2D eigenvalue weighted by atomic mass is 32.2. The predicted octanol–water partition coefficient (Wildman–Crippen LogP) is 1.87. The van der Waals surface area contributed by atoms with Crippen molar-refractivity contribution in [1.29, 1.82) is 0 Å². The highest BCUT2D eigenvalue weighted by Gasteiger charge is 2.27. The molecule has 2 aromatic heterocycles. The molecule has 0 saturated carbocycles. The van der Waals surface area contributed by atoms with Crippen LogP contribution in [0.4, 0.5) is 5.82 Å². The van der Waals surface area contributed by atoms with Crippen LogP contribution in [0.15, 0.2) is 22.9 Å². The molecule has 24 heavy (non-hydrogen) atoms. The maximum Gasteiger partial charge on any atom is 0.173 e. The van der Waals surface area contributed by atoms with Gasteiger partial charge in [-0.1, -0.05) is 6.08 Å². The van der Waals surface area contributed by atoms with Gasteiger partial charge in [-0.3, -0.25) is 0 Å². The fraction of sp³-hybridized carbons (Fsp3) is 0.500. The Hall–Kier alpha value is -1.51. The Kier molecular flexibility index (Phi) is 4.06. The third-order valence-corrected chi connectivity index (χ3v) is 6.79. The molecule has 0 spiro atoms. The molecule has 0 aromatic carbocycles. The van der Waals surface area contributed by atoms with E-state index in [-0.39, 0.29) is 11.8 Å². The average Bonchev–Trinajstić information content (AvgIpc) is 3.13. The van der Waals surface area contributed by atoms with Crippen LogP contribution in [0.25, 0.3) is 10.2 Å². The molecule has 0 aliphatic carbocycles. The molecule has 1 atom stereocenters. The molecule has 1 saturated heterocycles. The fourth-order valence-corrected chi connectivity index (χ4v) is 5.48. The molecule has 0 amide bonds. The lowest BCUT2D eigenvalue weighted by atomic mass is 10.0.